The van der Waals surface area contributed by atoms with Gasteiger partial charge in [-0.25, -0.2) is 9.50 Å². The number of rotatable bonds is 1. The van der Waals surface area contributed by atoms with Crippen LogP contribution in [0.3, 0.4) is 0 Å². The van der Waals surface area contributed by atoms with Gasteiger partial charge in [0.25, 0.3) is 5.91 Å². The number of nitrogens with zero attached hydrogens (tertiary/aromatic N) is 4. The first-order valence-corrected chi connectivity index (χ1v) is 7.98. The van der Waals surface area contributed by atoms with Crippen molar-refractivity contribution in [2.75, 3.05) is 6.54 Å². The van der Waals surface area contributed by atoms with E-state index in [-0.39, 0.29) is 23.2 Å². The van der Waals surface area contributed by atoms with Crippen molar-refractivity contribution in [1.29, 1.82) is 0 Å². The second-order valence-electron chi connectivity index (χ2n) is 5.96. The molecule has 0 aliphatic carbocycles. The Morgan fingerprint density at radius 1 is 1.38 bits per heavy atom. The van der Waals surface area contributed by atoms with Crippen LogP contribution in [0.2, 0.25) is 5.02 Å². The van der Waals surface area contributed by atoms with Gasteiger partial charge in [0.2, 0.25) is 0 Å². The normalized spacial score (nSPS) is 17.1. The van der Waals surface area contributed by atoms with E-state index in [0.717, 1.165) is 16.7 Å². The summed E-state index contributed by atoms with van der Waals surface area (Å²) in [5.41, 5.74) is 3.31. The molecule has 0 bridgehead atoms. The van der Waals surface area contributed by atoms with Crippen molar-refractivity contribution in [2.24, 2.45) is 0 Å². The van der Waals surface area contributed by atoms with E-state index in [1.165, 1.54) is 4.52 Å². The highest BCUT2D eigenvalue weighted by Crippen LogP contribution is 2.29. The fourth-order valence-corrected chi connectivity index (χ4v) is 3.28. The molecule has 122 valence electrons. The Kier molecular flexibility index (Phi) is 3.51. The molecule has 0 fully saturated rings. The lowest BCUT2D eigenvalue weighted by atomic mass is 9.97. The Labute approximate surface area is 143 Å². The molecule has 2 aromatic heterocycles. The molecule has 0 spiro atoms. The van der Waals surface area contributed by atoms with Crippen LogP contribution in [0.4, 0.5) is 0 Å². The molecule has 4 rings (SSSR count). The summed E-state index contributed by atoms with van der Waals surface area (Å²) in [6, 6.07) is 7.57. The summed E-state index contributed by atoms with van der Waals surface area (Å²) < 4.78 is 1.51. The summed E-state index contributed by atoms with van der Waals surface area (Å²) in [4.78, 5) is 18.6. The van der Waals surface area contributed by atoms with Gasteiger partial charge in [-0.2, -0.15) is 5.10 Å². The SMILES string of the molecule is Cc1cnc2c(Cl)c(C(=O)N3Cc4ccccc4[C@@H](O)C3)nn2c1. The van der Waals surface area contributed by atoms with E-state index in [0.29, 0.717) is 12.2 Å². The van der Waals surface area contributed by atoms with Crippen molar-refractivity contribution in [3.63, 3.8) is 0 Å². The maximum absolute atomic E-state index is 12.9. The Morgan fingerprint density at radius 3 is 3.00 bits per heavy atom. The number of aryl methyl sites for hydroxylation is 1. The van der Waals surface area contributed by atoms with Crippen LogP contribution in [0.5, 0.6) is 0 Å². The van der Waals surface area contributed by atoms with E-state index in [1.807, 2.05) is 31.2 Å². The third-order valence-electron chi connectivity index (χ3n) is 4.20. The number of hydrogen-bond donors (Lipinski definition) is 1. The number of β-amino-alcohol motifs (C(OH)–C–C–N with tert-alkyl or cyclic N) is 1. The van der Waals surface area contributed by atoms with Crippen LogP contribution in [0.25, 0.3) is 5.65 Å². The molecule has 0 saturated heterocycles. The average molecular weight is 343 g/mol. The van der Waals surface area contributed by atoms with Crippen LogP contribution in [-0.4, -0.2) is 37.1 Å². The molecule has 0 unspecified atom stereocenters. The largest absolute Gasteiger partial charge is 0.387 e. The standard InChI is InChI=1S/C17H15ClN4O2/c1-10-6-19-16-14(18)15(20-22(16)7-10)17(24)21-8-11-4-2-3-5-12(11)13(23)9-21/h2-7,13,23H,8-9H2,1H3/t13-/m0/s1. The zero-order valence-corrected chi connectivity index (χ0v) is 13.7. The van der Waals surface area contributed by atoms with Crippen molar-refractivity contribution in [3.05, 3.63) is 64.1 Å². The molecule has 1 aromatic carbocycles. The molecule has 7 heteroatoms. The van der Waals surface area contributed by atoms with Crippen LogP contribution in [-0.2, 0) is 6.54 Å². The van der Waals surface area contributed by atoms with Gasteiger partial charge in [-0.1, -0.05) is 35.9 Å². The fourth-order valence-electron chi connectivity index (χ4n) is 3.02. The zero-order valence-electron chi connectivity index (χ0n) is 13.0. The summed E-state index contributed by atoms with van der Waals surface area (Å²) in [6.45, 7) is 2.52. The first-order chi connectivity index (χ1) is 11.5. The molecule has 1 aliphatic heterocycles. The topological polar surface area (TPSA) is 70.7 Å². The third-order valence-corrected chi connectivity index (χ3v) is 4.55. The average Bonchev–Trinajstić information content (AvgIpc) is 2.90. The molecule has 3 heterocycles. The van der Waals surface area contributed by atoms with Gasteiger partial charge in [-0.05, 0) is 23.6 Å². The lowest BCUT2D eigenvalue weighted by Crippen LogP contribution is -2.38. The lowest BCUT2D eigenvalue weighted by Gasteiger charge is -2.31. The number of carbonyl (C=O) groups is 1. The molecule has 1 atom stereocenters. The van der Waals surface area contributed by atoms with Crippen molar-refractivity contribution in [3.8, 4) is 0 Å². The van der Waals surface area contributed by atoms with Crippen molar-refractivity contribution in [2.45, 2.75) is 19.6 Å². The Bertz CT molecular complexity index is 953. The minimum Gasteiger partial charge on any atom is -0.387 e. The fraction of sp³-hybridized carbons (Fsp3) is 0.235. The van der Waals surface area contributed by atoms with Crippen LogP contribution in [0, 0.1) is 6.92 Å². The molecule has 0 saturated carbocycles. The predicted octanol–water partition coefficient (Wildman–Crippen LogP) is 2.38. The van der Waals surface area contributed by atoms with Gasteiger partial charge in [0.1, 0.15) is 5.02 Å². The van der Waals surface area contributed by atoms with Gasteiger partial charge in [-0.3, -0.25) is 4.79 Å². The molecule has 3 aromatic rings. The number of hydrogen-bond acceptors (Lipinski definition) is 4. The summed E-state index contributed by atoms with van der Waals surface area (Å²) in [6.07, 6.45) is 2.73. The Hall–Kier alpha value is -2.44. The molecule has 1 amide bonds. The van der Waals surface area contributed by atoms with Gasteiger partial charge in [-0.15, -0.1) is 0 Å². The minimum absolute atomic E-state index is 0.154. The van der Waals surface area contributed by atoms with Crippen LogP contribution in [0.1, 0.15) is 33.3 Å². The summed E-state index contributed by atoms with van der Waals surface area (Å²) in [7, 11) is 0. The van der Waals surface area contributed by atoms with Gasteiger partial charge in [0.05, 0.1) is 12.6 Å². The highest BCUT2D eigenvalue weighted by Gasteiger charge is 2.30. The Morgan fingerprint density at radius 2 is 2.17 bits per heavy atom. The van der Waals surface area contributed by atoms with Gasteiger partial charge >= 0.3 is 0 Å². The first-order valence-electron chi connectivity index (χ1n) is 7.60. The van der Waals surface area contributed by atoms with Crippen LogP contribution < -0.4 is 0 Å². The van der Waals surface area contributed by atoms with E-state index in [4.69, 9.17) is 11.6 Å². The van der Waals surface area contributed by atoms with Crippen LogP contribution in [0.15, 0.2) is 36.7 Å². The first kappa shape index (κ1) is 15.1. The lowest BCUT2D eigenvalue weighted by molar-refractivity contribution is 0.0544. The maximum atomic E-state index is 12.9. The second-order valence-corrected chi connectivity index (χ2v) is 6.34. The van der Waals surface area contributed by atoms with E-state index in [9.17, 15) is 9.90 Å². The highest BCUT2D eigenvalue weighted by atomic mass is 35.5. The Balaban J connectivity index is 1.71. The van der Waals surface area contributed by atoms with Crippen molar-refractivity contribution in [1.82, 2.24) is 19.5 Å². The van der Waals surface area contributed by atoms with Gasteiger partial charge < -0.3 is 10.0 Å². The molecule has 24 heavy (non-hydrogen) atoms. The van der Waals surface area contributed by atoms with Gasteiger partial charge in [0.15, 0.2) is 11.3 Å². The molecule has 1 N–H and O–H groups in total. The quantitative estimate of drug-likeness (QED) is 0.737. The zero-order chi connectivity index (χ0) is 16.8. The third kappa shape index (κ3) is 2.35. The monoisotopic (exact) mass is 342 g/mol. The number of aliphatic hydroxyl groups is 1. The van der Waals surface area contributed by atoms with E-state index in [1.54, 1.807) is 17.3 Å². The molecular weight excluding hydrogens is 328 g/mol. The molecule has 1 aliphatic rings. The highest BCUT2D eigenvalue weighted by molar-refractivity contribution is 6.36. The van der Waals surface area contributed by atoms with Gasteiger partial charge in [0, 0.05) is 18.9 Å². The molecule has 6 nitrogen and oxygen atoms in total. The number of carbonyl (C=O) groups excluding carboxylic acids is 1. The van der Waals surface area contributed by atoms with Crippen LogP contribution >= 0.6 is 11.6 Å². The second kappa shape index (κ2) is 5.58. The molecular formula is C17H15ClN4O2. The number of halogens is 1. The van der Waals surface area contributed by atoms with Crippen molar-refractivity contribution >= 4 is 23.2 Å². The number of aliphatic hydroxyl groups excluding tert-OH is 1. The molecule has 0 radical (unpaired) electrons. The predicted molar refractivity (Wildman–Crippen MR) is 88.9 cm³/mol. The minimum atomic E-state index is -0.713. The van der Waals surface area contributed by atoms with E-state index in [2.05, 4.69) is 10.1 Å². The number of amides is 1. The smallest absolute Gasteiger partial charge is 0.276 e. The summed E-state index contributed by atoms with van der Waals surface area (Å²) in [5.74, 6) is -0.309. The number of benzene rings is 1. The maximum Gasteiger partial charge on any atom is 0.276 e. The summed E-state index contributed by atoms with van der Waals surface area (Å²) >= 11 is 6.30. The van der Waals surface area contributed by atoms with E-state index < -0.39 is 6.10 Å². The number of fused-ring (bicyclic) bond motifs is 2. The number of aromatic nitrogens is 3. The van der Waals surface area contributed by atoms with Crippen molar-refractivity contribution < 1.29 is 9.90 Å². The van der Waals surface area contributed by atoms with E-state index >= 15 is 0 Å². The summed E-state index contributed by atoms with van der Waals surface area (Å²) in [5, 5.41) is 14.8.